The molecule has 0 saturated carbocycles. The van der Waals surface area contributed by atoms with Crippen LogP contribution in [0.4, 0.5) is 8.78 Å². The van der Waals surface area contributed by atoms with Crippen molar-refractivity contribution in [2.75, 3.05) is 6.54 Å². The second-order valence-electron chi connectivity index (χ2n) is 5.70. The van der Waals surface area contributed by atoms with Crippen LogP contribution < -0.4 is 0 Å². The topological polar surface area (TPSA) is 40.5 Å². The van der Waals surface area contributed by atoms with Gasteiger partial charge in [0.15, 0.2) is 0 Å². The molecule has 21 heavy (non-hydrogen) atoms. The maximum atomic E-state index is 13.6. The Labute approximate surface area is 123 Å². The van der Waals surface area contributed by atoms with Crippen LogP contribution in [0.5, 0.6) is 0 Å². The molecule has 5 heteroatoms. The highest BCUT2D eigenvalue weighted by Gasteiger charge is 2.28. The molecule has 1 aromatic carbocycles. The Bertz CT molecular complexity index is 485. The van der Waals surface area contributed by atoms with E-state index in [9.17, 15) is 18.7 Å². The van der Waals surface area contributed by atoms with Gasteiger partial charge in [0.1, 0.15) is 11.6 Å². The molecular weight excluding hydrogens is 276 g/mol. The van der Waals surface area contributed by atoms with E-state index in [0.29, 0.717) is 13.0 Å². The third kappa shape index (κ3) is 4.00. The monoisotopic (exact) mass is 297 g/mol. The standard InChI is InChI=1S/C16H21F2NO2/c1-11(20)9-12-5-2-3-8-19(12)16(21)10-13-14(17)6-4-7-15(13)18/h4,6-7,11-12,20H,2-3,5,8-10H2,1H3. The fourth-order valence-electron chi connectivity index (χ4n) is 2.92. The number of hydrogen-bond acceptors (Lipinski definition) is 2. The van der Waals surface area contributed by atoms with Gasteiger partial charge in [0.25, 0.3) is 0 Å². The number of nitrogens with zero attached hydrogens (tertiary/aromatic N) is 1. The van der Waals surface area contributed by atoms with Crippen molar-refractivity contribution >= 4 is 5.91 Å². The quantitative estimate of drug-likeness (QED) is 0.928. The van der Waals surface area contributed by atoms with Crippen LogP contribution in [0.3, 0.4) is 0 Å². The summed E-state index contributed by atoms with van der Waals surface area (Å²) >= 11 is 0. The van der Waals surface area contributed by atoms with Gasteiger partial charge in [-0.2, -0.15) is 0 Å². The Kier molecular flexibility index (Phi) is 5.28. The Balaban J connectivity index is 2.10. The molecule has 116 valence electrons. The number of aliphatic hydroxyl groups is 1. The highest BCUT2D eigenvalue weighted by atomic mass is 19.1. The van der Waals surface area contributed by atoms with Crippen LogP contribution >= 0.6 is 0 Å². The van der Waals surface area contributed by atoms with Crippen molar-refractivity contribution in [3.8, 4) is 0 Å². The predicted octanol–water partition coefficient (Wildman–Crippen LogP) is 2.66. The molecule has 0 aromatic heterocycles. The molecule has 1 N–H and O–H groups in total. The maximum Gasteiger partial charge on any atom is 0.227 e. The smallest absolute Gasteiger partial charge is 0.227 e. The Morgan fingerprint density at radius 3 is 2.67 bits per heavy atom. The number of piperidine rings is 1. The van der Waals surface area contributed by atoms with E-state index in [0.717, 1.165) is 31.4 Å². The second-order valence-corrected chi connectivity index (χ2v) is 5.70. The van der Waals surface area contributed by atoms with Crippen LogP contribution in [-0.2, 0) is 11.2 Å². The molecule has 2 unspecified atom stereocenters. The van der Waals surface area contributed by atoms with Gasteiger partial charge < -0.3 is 10.0 Å². The van der Waals surface area contributed by atoms with Crippen LogP contribution in [-0.4, -0.2) is 34.6 Å². The molecule has 0 aliphatic carbocycles. The Morgan fingerprint density at radius 1 is 1.38 bits per heavy atom. The lowest BCUT2D eigenvalue weighted by atomic mass is 9.96. The van der Waals surface area contributed by atoms with E-state index >= 15 is 0 Å². The number of amides is 1. The number of carbonyl (C=O) groups excluding carboxylic acids is 1. The van der Waals surface area contributed by atoms with Crippen molar-refractivity contribution in [2.45, 2.75) is 51.2 Å². The fraction of sp³-hybridized carbons (Fsp3) is 0.562. The first-order chi connectivity index (χ1) is 9.99. The van der Waals surface area contributed by atoms with Crippen LogP contribution in [0.25, 0.3) is 0 Å². The van der Waals surface area contributed by atoms with Gasteiger partial charge in [0.05, 0.1) is 12.5 Å². The lowest BCUT2D eigenvalue weighted by Gasteiger charge is -2.36. The first-order valence-corrected chi connectivity index (χ1v) is 7.39. The SMILES string of the molecule is CC(O)CC1CCCCN1C(=O)Cc1c(F)cccc1F. The molecule has 1 aliphatic rings. The number of carbonyl (C=O) groups is 1. The number of hydrogen-bond donors (Lipinski definition) is 1. The van der Waals surface area contributed by atoms with Gasteiger partial charge in [0, 0.05) is 18.2 Å². The van der Waals surface area contributed by atoms with Gasteiger partial charge in [-0.25, -0.2) is 8.78 Å². The first-order valence-electron chi connectivity index (χ1n) is 7.39. The predicted molar refractivity (Wildman–Crippen MR) is 75.7 cm³/mol. The normalized spacial score (nSPS) is 20.4. The molecule has 0 bridgehead atoms. The summed E-state index contributed by atoms with van der Waals surface area (Å²) in [5, 5.41) is 9.52. The lowest BCUT2D eigenvalue weighted by molar-refractivity contribution is -0.134. The van der Waals surface area contributed by atoms with Gasteiger partial charge in [-0.05, 0) is 44.7 Å². The van der Waals surface area contributed by atoms with E-state index in [1.165, 1.54) is 6.07 Å². The van der Waals surface area contributed by atoms with E-state index in [-0.39, 0.29) is 23.9 Å². The minimum atomic E-state index is -0.688. The highest BCUT2D eigenvalue weighted by molar-refractivity contribution is 5.79. The molecule has 1 heterocycles. The van der Waals surface area contributed by atoms with Crippen molar-refractivity contribution in [2.24, 2.45) is 0 Å². The van der Waals surface area contributed by atoms with E-state index in [1.54, 1.807) is 11.8 Å². The summed E-state index contributed by atoms with van der Waals surface area (Å²) in [6.07, 6.45) is 2.47. The van der Waals surface area contributed by atoms with Crippen LogP contribution in [0.1, 0.15) is 38.2 Å². The van der Waals surface area contributed by atoms with Crippen LogP contribution in [0.15, 0.2) is 18.2 Å². The van der Waals surface area contributed by atoms with Crippen molar-refractivity contribution in [3.05, 3.63) is 35.4 Å². The van der Waals surface area contributed by atoms with Gasteiger partial charge in [-0.3, -0.25) is 4.79 Å². The van der Waals surface area contributed by atoms with Crippen molar-refractivity contribution in [1.29, 1.82) is 0 Å². The molecule has 1 aromatic rings. The summed E-state index contributed by atoms with van der Waals surface area (Å²) in [5.74, 6) is -1.65. The maximum absolute atomic E-state index is 13.6. The van der Waals surface area contributed by atoms with Gasteiger partial charge in [0.2, 0.25) is 5.91 Å². The molecule has 1 aliphatic heterocycles. The zero-order chi connectivity index (χ0) is 15.4. The zero-order valence-electron chi connectivity index (χ0n) is 12.2. The van der Waals surface area contributed by atoms with Crippen molar-refractivity contribution in [3.63, 3.8) is 0 Å². The van der Waals surface area contributed by atoms with E-state index in [1.807, 2.05) is 0 Å². The van der Waals surface area contributed by atoms with E-state index < -0.39 is 17.7 Å². The summed E-state index contributed by atoms with van der Waals surface area (Å²) in [6.45, 7) is 2.28. The van der Waals surface area contributed by atoms with Gasteiger partial charge >= 0.3 is 0 Å². The fourth-order valence-corrected chi connectivity index (χ4v) is 2.92. The largest absolute Gasteiger partial charge is 0.393 e. The molecule has 2 rings (SSSR count). The molecule has 1 fully saturated rings. The first kappa shape index (κ1) is 15.9. The van der Waals surface area contributed by atoms with E-state index in [4.69, 9.17) is 0 Å². The third-order valence-electron chi connectivity index (χ3n) is 3.95. The van der Waals surface area contributed by atoms with Crippen LogP contribution in [0, 0.1) is 11.6 Å². The summed E-state index contributed by atoms with van der Waals surface area (Å²) in [5.41, 5.74) is -0.177. The van der Waals surface area contributed by atoms with Crippen molar-refractivity contribution < 1.29 is 18.7 Å². The Hall–Kier alpha value is -1.49. The Morgan fingerprint density at radius 2 is 2.05 bits per heavy atom. The van der Waals surface area contributed by atoms with E-state index in [2.05, 4.69) is 0 Å². The molecule has 0 radical (unpaired) electrons. The zero-order valence-corrected chi connectivity index (χ0v) is 12.2. The number of rotatable bonds is 4. The number of likely N-dealkylation sites (tertiary alicyclic amines) is 1. The number of halogens is 2. The van der Waals surface area contributed by atoms with Gasteiger partial charge in [-0.1, -0.05) is 6.07 Å². The second kappa shape index (κ2) is 6.98. The lowest BCUT2D eigenvalue weighted by Crippen LogP contribution is -2.45. The number of benzene rings is 1. The average molecular weight is 297 g/mol. The molecule has 3 nitrogen and oxygen atoms in total. The molecular formula is C16H21F2NO2. The molecule has 1 amide bonds. The highest BCUT2D eigenvalue weighted by Crippen LogP contribution is 2.23. The summed E-state index contributed by atoms with van der Waals surface area (Å²) in [7, 11) is 0. The summed E-state index contributed by atoms with van der Waals surface area (Å²) < 4.78 is 27.3. The van der Waals surface area contributed by atoms with Crippen LogP contribution in [0.2, 0.25) is 0 Å². The average Bonchev–Trinajstić information content (AvgIpc) is 2.43. The van der Waals surface area contributed by atoms with Gasteiger partial charge in [-0.15, -0.1) is 0 Å². The summed E-state index contributed by atoms with van der Waals surface area (Å²) in [4.78, 5) is 14.0. The molecule has 1 saturated heterocycles. The minimum absolute atomic E-state index is 0.0407. The molecule has 2 atom stereocenters. The van der Waals surface area contributed by atoms with Crippen molar-refractivity contribution in [1.82, 2.24) is 4.90 Å². The number of aliphatic hydroxyl groups excluding tert-OH is 1. The minimum Gasteiger partial charge on any atom is -0.393 e. The third-order valence-corrected chi connectivity index (χ3v) is 3.95. The molecule has 0 spiro atoms. The summed E-state index contributed by atoms with van der Waals surface area (Å²) in [6, 6.07) is 3.57.